The molecule has 31 heavy (non-hydrogen) atoms. The van der Waals surface area contributed by atoms with Gasteiger partial charge in [-0.25, -0.2) is 0 Å². The molecule has 0 radical (unpaired) electrons. The first kappa shape index (κ1) is 21.6. The van der Waals surface area contributed by atoms with Crippen LogP contribution in [0.5, 0.6) is 5.75 Å². The molecule has 166 valence electrons. The maximum absolute atomic E-state index is 12.5. The Kier molecular flexibility index (Phi) is 7.40. The van der Waals surface area contributed by atoms with Crippen LogP contribution in [0.2, 0.25) is 0 Å². The molecule has 0 unspecified atom stereocenters. The SMILES string of the molecule is COc1ccc(N2CC[NH+](CC(=O)Nc3ccc(C[NH+]4CCOCC4)cc3)CC2)cc1. The fraction of sp³-hybridized carbons (Fsp3) is 0.458. The molecule has 1 amide bonds. The summed E-state index contributed by atoms with van der Waals surface area (Å²) in [7, 11) is 1.68. The molecular formula is C24H34N4O3+2. The Balaban J connectivity index is 1.20. The highest BCUT2D eigenvalue weighted by Crippen LogP contribution is 2.19. The number of ether oxygens (including phenoxy) is 2. The first-order valence-electron chi connectivity index (χ1n) is 11.2. The fourth-order valence-electron chi connectivity index (χ4n) is 4.31. The van der Waals surface area contributed by atoms with Gasteiger partial charge in [-0.15, -0.1) is 0 Å². The molecule has 2 aliphatic rings. The third-order valence-electron chi connectivity index (χ3n) is 6.21. The Labute approximate surface area is 184 Å². The van der Waals surface area contributed by atoms with Crippen molar-refractivity contribution >= 4 is 17.3 Å². The Morgan fingerprint density at radius 3 is 2.29 bits per heavy atom. The predicted molar refractivity (Wildman–Crippen MR) is 121 cm³/mol. The van der Waals surface area contributed by atoms with E-state index in [4.69, 9.17) is 9.47 Å². The lowest BCUT2D eigenvalue weighted by Crippen LogP contribution is -3.15. The molecule has 0 spiro atoms. The number of piperazine rings is 1. The lowest BCUT2D eigenvalue weighted by Gasteiger charge is -2.33. The molecule has 0 aliphatic carbocycles. The van der Waals surface area contributed by atoms with E-state index >= 15 is 0 Å². The van der Waals surface area contributed by atoms with Crippen LogP contribution in [0.1, 0.15) is 5.56 Å². The van der Waals surface area contributed by atoms with Crippen LogP contribution >= 0.6 is 0 Å². The molecule has 0 saturated carbocycles. The summed E-state index contributed by atoms with van der Waals surface area (Å²) in [6.07, 6.45) is 0. The number of amides is 1. The highest BCUT2D eigenvalue weighted by Gasteiger charge is 2.22. The molecule has 0 atom stereocenters. The number of morpholine rings is 1. The third kappa shape index (κ3) is 6.19. The molecular weight excluding hydrogens is 392 g/mol. The van der Waals surface area contributed by atoms with Gasteiger partial charge in [0.05, 0.1) is 46.5 Å². The van der Waals surface area contributed by atoms with Crippen molar-refractivity contribution in [2.24, 2.45) is 0 Å². The predicted octanol–water partition coefficient (Wildman–Crippen LogP) is -0.546. The number of anilines is 2. The van der Waals surface area contributed by atoms with Crippen molar-refractivity contribution in [1.29, 1.82) is 0 Å². The standard InChI is InChI=1S/C24H32N4O3/c1-30-23-8-6-22(7-9-23)28-12-10-26(11-13-28)19-24(29)25-21-4-2-20(3-5-21)18-27-14-16-31-17-15-27/h2-9H,10-19H2,1H3,(H,25,29)/p+2. The van der Waals surface area contributed by atoms with E-state index in [1.165, 1.54) is 16.2 Å². The van der Waals surface area contributed by atoms with Crippen LogP contribution in [-0.4, -0.2) is 72.0 Å². The topological polar surface area (TPSA) is 59.7 Å². The highest BCUT2D eigenvalue weighted by molar-refractivity contribution is 5.91. The van der Waals surface area contributed by atoms with Gasteiger partial charge in [0.25, 0.3) is 5.91 Å². The molecule has 3 N–H and O–H groups in total. The molecule has 2 aromatic rings. The van der Waals surface area contributed by atoms with Crippen molar-refractivity contribution in [3.63, 3.8) is 0 Å². The van der Waals surface area contributed by atoms with Gasteiger partial charge in [-0.05, 0) is 36.4 Å². The van der Waals surface area contributed by atoms with Gasteiger partial charge < -0.3 is 29.5 Å². The van der Waals surface area contributed by atoms with Crippen molar-refractivity contribution in [3.8, 4) is 5.75 Å². The Morgan fingerprint density at radius 2 is 1.65 bits per heavy atom. The Hall–Kier alpha value is -2.61. The van der Waals surface area contributed by atoms with Gasteiger partial charge in [-0.1, -0.05) is 12.1 Å². The minimum Gasteiger partial charge on any atom is -0.497 e. The van der Waals surface area contributed by atoms with E-state index in [1.807, 2.05) is 24.3 Å². The highest BCUT2D eigenvalue weighted by atomic mass is 16.5. The second-order valence-electron chi connectivity index (χ2n) is 8.40. The number of methoxy groups -OCH3 is 1. The molecule has 2 aliphatic heterocycles. The number of rotatable bonds is 7. The summed E-state index contributed by atoms with van der Waals surface area (Å²) >= 11 is 0. The zero-order valence-electron chi connectivity index (χ0n) is 18.4. The molecule has 0 bridgehead atoms. The summed E-state index contributed by atoms with van der Waals surface area (Å²) in [5, 5.41) is 3.06. The number of benzene rings is 2. The van der Waals surface area contributed by atoms with E-state index in [0.717, 1.165) is 70.5 Å². The van der Waals surface area contributed by atoms with Crippen molar-refractivity contribution in [2.75, 3.05) is 76.4 Å². The quantitative estimate of drug-likeness (QED) is 0.556. The molecule has 0 aromatic heterocycles. The van der Waals surface area contributed by atoms with Crippen molar-refractivity contribution in [3.05, 3.63) is 54.1 Å². The number of nitrogens with zero attached hydrogens (tertiary/aromatic N) is 1. The van der Waals surface area contributed by atoms with E-state index in [9.17, 15) is 4.79 Å². The van der Waals surface area contributed by atoms with Crippen molar-refractivity contribution in [2.45, 2.75) is 6.54 Å². The van der Waals surface area contributed by atoms with Crippen molar-refractivity contribution < 1.29 is 24.1 Å². The number of carbonyl (C=O) groups is 1. The molecule has 2 aromatic carbocycles. The van der Waals surface area contributed by atoms with Gasteiger partial charge in [-0.2, -0.15) is 0 Å². The van der Waals surface area contributed by atoms with Gasteiger partial charge in [0, 0.05) is 16.9 Å². The zero-order chi connectivity index (χ0) is 21.5. The normalized spacial score (nSPS) is 18.0. The summed E-state index contributed by atoms with van der Waals surface area (Å²) in [6.45, 7) is 9.17. The van der Waals surface area contributed by atoms with E-state index in [2.05, 4.69) is 34.5 Å². The monoisotopic (exact) mass is 426 g/mol. The fourth-order valence-corrected chi connectivity index (χ4v) is 4.31. The van der Waals surface area contributed by atoms with Crippen LogP contribution < -0.4 is 24.8 Å². The summed E-state index contributed by atoms with van der Waals surface area (Å²) in [5.41, 5.74) is 3.39. The van der Waals surface area contributed by atoms with Crippen LogP contribution in [0.3, 0.4) is 0 Å². The maximum atomic E-state index is 12.5. The van der Waals surface area contributed by atoms with Crippen LogP contribution in [0.4, 0.5) is 11.4 Å². The average Bonchev–Trinajstić information content (AvgIpc) is 2.82. The zero-order valence-corrected chi connectivity index (χ0v) is 18.4. The average molecular weight is 427 g/mol. The van der Waals surface area contributed by atoms with Crippen LogP contribution in [-0.2, 0) is 16.1 Å². The molecule has 2 heterocycles. The minimum absolute atomic E-state index is 0.0828. The molecule has 7 heteroatoms. The Morgan fingerprint density at radius 1 is 0.968 bits per heavy atom. The first-order chi connectivity index (χ1) is 15.2. The third-order valence-corrected chi connectivity index (χ3v) is 6.21. The smallest absolute Gasteiger partial charge is 0.279 e. The summed E-state index contributed by atoms with van der Waals surface area (Å²) in [5.74, 6) is 0.958. The molecule has 7 nitrogen and oxygen atoms in total. The lowest BCUT2D eigenvalue weighted by molar-refractivity contribution is -0.921. The molecule has 4 rings (SSSR count). The van der Waals surface area contributed by atoms with Crippen LogP contribution in [0.15, 0.2) is 48.5 Å². The van der Waals surface area contributed by atoms with Crippen molar-refractivity contribution in [1.82, 2.24) is 0 Å². The minimum atomic E-state index is 0.0828. The number of hydrogen-bond acceptors (Lipinski definition) is 4. The van der Waals surface area contributed by atoms with E-state index in [-0.39, 0.29) is 5.91 Å². The number of nitrogens with one attached hydrogen (secondary N) is 3. The van der Waals surface area contributed by atoms with E-state index in [1.54, 1.807) is 12.0 Å². The summed E-state index contributed by atoms with van der Waals surface area (Å²) in [4.78, 5) is 17.8. The molecule has 2 fully saturated rings. The Bertz CT molecular complexity index is 827. The van der Waals surface area contributed by atoms with Gasteiger partial charge in [0.2, 0.25) is 0 Å². The van der Waals surface area contributed by atoms with E-state index in [0.29, 0.717) is 6.54 Å². The van der Waals surface area contributed by atoms with Gasteiger partial charge in [-0.3, -0.25) is 4.79 Å². The largest absolute Gasteiger partial charge is 0.497 e. The van der Waals surface area contributed by atoms with Gasteiger partial charge in [0.1, 0.15) is 25.4 Å². The maximum Gasteiger partial charge on any atom is 0.279 e. The summed E-state index contributed by atoms with van der Waals surface area (Å²) in [6, 6.07) is 16.5. The number of carbonyl (C=O) groups excluding carboxylic acids is 1. The second kappa shape index (κ2) is 10.6. The van der Waals surface area contributed by atoms with Gasteiger partial charge >= 0.3 is 0 Å². The number of quaternary nitrogens is 2. The lowest BCUT2D eigenvalue weighted by atomic mass is 10.2. The first-order valence-corrected chi connectivity index (χ1v) is 11.2. The second-order valence-corrected chi connectivity index (χ2v) is 8.40. The number of hydrogen-bond donors (Lipinski definition) is 3. The van der Waals surface area contributed by atoms with Gasteiger partial charge in [0.15, 0.2) is 6.54 Å². The molecule has 2 saturated heterocycles. The van der Waals surface area contributed by atoms with E-state index < -0.39 is 0 Å². The summed E-state index contributed by atoms with van der Waals surface area (Å²) < 4.78 is 10.7. The van der Waals surface area contributed by atoms with Crippen LogP contribution in [0, 0.1) is 0 Å². The van der Waals surface area contributed by atoms with Crippen LogP contribution in [0.25, 0.3) is 0 Å².